The number of thioether (sulfide) groups is 2. The number of benzene rings is 1. The van der Waals surface area contributed by atoms with Crippen LogP contribution < -0.4 is 5.32 Å². The van der Waals surface area contributed by atoms with Gasteiger partial charge < -0.3 is 5.32 Å². The molecule has 1 nitrogen and oxygen atoms in total. The molecule has 0 amide bonds. The second-order valence-corrected chi connectivity index (χ2v) is 8.87. The Hall–Kier alpha value is -0.120. The summed E-state index contributed by atoms with van der Waals surface area (Å²) in [5.41, 5.74) is 4.29. The minimum atomic E-state index is 0.597. The van der Waals surface area contributed by atoms with Crippen LogP contribution in [0, 0.1) is 13.8 Å². The van der Waals surface area contributed by atoms with Crippen LogP contribution in [-0.2, 0) is 6.42 Å². The van der Waals surface area contributed by atoms with Crippen molar-refractivity contribution in [2.24, 2.45) is 0 Å². The highest BCUT2D eigenvalue weighted by Crippen LogP contribution is 2.34. The molecule has 0 saturated carbocycles. The van der Waals surface area contributed by atoms with Crippen LogP contribution in [0.5, 0.6) is 0 Å². The first kappa shape index (κ1) is 17.2. The third kappa shape index (κ3) is 4.94. The summed E-state index contributed by atoms with van der Waals surface area (Å²) in [5.74, 6) is 2.61. The molecule has 0 bridgehead atoms. The molecule has 1 aliphatic rings. The maximum Gasteiger partial charge on any atom is 0.0320 e. The van der Waals surface area contributed by atoms with Crippen LogP contribution in [0.25, 0.3) is 0 Å². The van der Waals surface area contributed by atoms with Crippen molar-refractivity contribution in [1.29, 1.82) is 0 Å². The Morgan fingerprint density at radius 3 is 2.62 bits per heavy atom. The first-order valence-corrected chi connectivity index (χ1v) is 10.2. The number of rotatable bonds is 6. The van der Waals surface area contributed by atoms with Crippen molar-refractivity contribution in [3.8, 4) is 0 Å². The van der Waals surface area contributed by atoms with Crippen LogP contribution in [0.15, 0.2) is 18.2 Å². The third-order valence-electron chi connectivity index (χ3n) is 4.32. The van der Waals surface area contributed by atoms with Crippen molar-refractivity contribution >= 4 is 23.5 Å². The monoisotopic (exact) mass is 323 g/mol. The van der Waals surface area contributed by atoms with Gasteiger partial charge in [0.1, 0.15) is 0 Å². The molecule has 0 spiro atoms. The smallest absolute Gasteiger partial charge is 0.0320 e. The Bertz CT molecular complexity index is 447. The van der Waals surface area contributed by atoms with Gasteiger partial charge in [-0.25, -0.2) is 0 Å². The molecule has 1 aliphatic heterocycles. The van der Waals surface area contributed by atoms with Crippen molar-refractivity contribution in [2.45, 2.75) is 57.1 Å². The third-order valence-corrected chi connectivity index (χ3v) is 7.57. The molecule has 0 aromatic heterocycles. The van der Waals surface area contributed by atoms with E-state index in [0.29, 0.717) is 6.04 Å². The molecule has 1 aromatic rings. The molecule has 1 fully saturated rings. The van der Waals surface area contributed by atoms with Gasteiger partial charge in [-0.3, -0.25) is 0 Å². The highest BCUT2D eigenvalue weighted by molar-refractivity contribution is 8.07. The van der Waals surface area contributed by atoms with Gasteiger partial charge in [-0.2, -0.15) is 23.5 Å². The Kier molecular flexibility index (Phi) is 6.97. The van der Waals surface area contributed by atoms with Gasteiger partial charge in [0.05, 0.1) is 0 Å². The average Bonchev–Trinajstić information content (AvgIpc) is 2.48. The zero-order valence-electron chi connectivity index (χ0n) is 13.8. The maximum atomic E-state index is 3.82. The fourth-order valence-corrected chi connectivity index (χ4v) is 5.87. The predicted molar refractivity (Wildman–Crippen MR) is 99.9 cm³/mol. The van der Waals surface area contributed by atoms with E-state index in [1.54, 1.807) is 0 Å². The van der Waals surface area contributed by atoms with Gasteiger partial charge in [0.15, 0.2) is 0 Å². The minimum Gasteiger partial charge on any atom is -0.313 e. The van der Waals surface area contributed by atoms with E-state index in [0.717, 1.165) is 23.5 Å². The van der Waals surface area contributed by atoms with Crippen molar-refractivity contribution in [3.05, 3.63) is 34.9 Å². The second-order valence-electron chi connectivity index (χ2n) is 6.09. The lowest BCUT2D eigenvalue weighted by molar-refractivity contribution is 0.486. The second kappa shape index (κ2) is 8.50. The van der Waals surface area contributed by atoms with Crippen LogP contribution in [0.3, 0.4) is 0 Å². The minimum absolute atomic E-state index is 0.597. The van der Waals surface area contributed by atoms with Crippen LogP contribution in [0.2, 0.25) is 0 Å². The van der Waals surface area contributed by atoms with E-state index in [4.69, 9.17) is 0 Å². The number of hydrogen-bond donors (Lipinski definition) is 1. The molecule has 118 valence electrons. The van der Waals surface area contributed by atoms with E-state index >= 15 is 0 Å². The quantitative estimate of drug-likeness (QED) is 0.830. The van der Waals surface area contributed by atoms with Crippen molar-refractivity contribution < 1.29 is 0 Å². The summed E-state index contributed by atoms with van der Waals surface area (Å²) in [4.78, 5) is 0. The highest BCUT2D eigenvalue weighted by Gasteiger charge is 2.30. The lowest BCUT2D eigenvalue weighted by Crippen LogP contribution is -2.46. The number of hydrogen-bond acceptors (Lipinski definition) is 3. The summed E-state index contributed by atoms with van der Waals surface area (Å²) < 4.78 is 0. The van der Waals surface area contributed by atoms with Crippen LogP contribution >= 0.6 is 23.5 Å². The van der Waals surface area contributed by atoms with Gasteiger partial charge >= 0.3 is 0 Å². The largest absolute Gasteiger partial charge is 0.313 e. The summed E-state index contributed by atoms with van der Waals surface area (Å²) in [7, 11) is 0. The van der Waals surface area contributed by atoms with Crippen LogP contribution in [0.4, 0.5) is 0 Å². The summed E-state index contributed by atoms with van der Waals surface area (Å²) >= 11 is 4.32. The fraction of sp³-hybridized carbons (Fsp3) is 0.667. The molecule has 0 radical (unpaired) electrons. The zero-order chi connectivity index (χ0) is 15.2. The normalized spacial score (nSPS) is 24.0. The van der Waals surface area contributed by atoms with E-state index in [1.165, 1.54) is 34.6 Å². The molecular weight excluding hydrogens is 294 g/mol. The van der Waals surface area contributed by atoms with Gasteiger partial charge in [0.25, 0.3) is 0 Å². The van der Waals surface area contributed by atoms with E-state index in [1.807, 2.05) is 0 Å². The average molecular weight is 324 g/mol. The van der Waals surface area contributed by atoms with Crippen LogP contribution in [-0.4, -0.2) is 34.6 Å². The number of nitrogens with one attached hydrogen (secondary N) is 1. The van der Waals surface area contributed by atoms with E-state index in [2.05, 4.69) is 74.7 Å². The molecule has 3 atom stereocenters. The summed E-state index contributed by atoms with van der Waals surface area (Å²) in [5, 5.41) is 5.31. The van der Waals surface area contributed by atoms with Crippen molar-refractivity contribution in [2.75, 3.05) is 18.1 Å². The first-order valence-electron chi connectivity index (χ1n) is 8.14. The highest BCUT2D eigenvalue weighted by atomic mass is 32.2. The molecule has 1 heterocycles. The molecule has 3 unspecified atom stereocenters. The van der Waals surface area contributed by atoms with E-state index in [-0.39, 0.29) is 0 Å². The zero-order valence-corrected chi connectivity index (χ0v) is 15.4. The molecule has 1 saturated heterocycles. The standard InChI is InChI=1S/C18H29NS2/c1-5-8-19-17(18-15(4)20-9-10-21-18)12-16-7-6-13(2)14(3)11-16/h6-7,11,15,17-19H,5,8-10,12H2,1-4H3. The Morgan fingerprint density at radius 2 is 1.95 bits per heavy atom. The first-order chi connectivity index (χ1) is 10.1. The molecule has 21 heavy (non-hydrogen) atoms. The lowest BCUT2D eigenvalue weighted by atomic mass is 9.98. The topological polar surface area (TPSA) is 12.0 Å². The van der Waals surface area contributed by atoms with Gasteiger partial charge in [0.2, 0.25) is 0 Å². The van der Waals surface area contributed by atoms with Crippen LogP contribution in [0.1, 0.15) is 37.0 Å². The molecule has 3 heteroatoms. The van der Waals surface area contributed by atoms with E-state index < -0.39 is 0 Å². The molecular formula is C18H29NS2. The van der Waals surface area contributed by atoms with Gasteiger partial charge in [-0.15, -0.1) is 0 Å². The predicted octanol–water partition coefficient (Wildman–Crippen LogP) is 4.45. The SMILES string of the molecule is CCCNC(Cc1ccc(C)c(C)c1)C1SCCSC1C. The molecule has 1 aromatic carbocycles. The summed E-state index contributed by atoms with van der Waals surface area (Å²) in [6, 6.07) is 7.56. The lowest BCUT2D eigenvalue weighted by Gasteiger charge is -2.35. The fourth-order valence-electron chi connectivity index (χ4n) is 2.91. The van der Waals surface area contributed by atoms with Gasteiger partial charge in [-0.1, -0.05) is 32.0 Å². The van der Waals surface area contributed by atoms with Gasteiger partial charge in [-0.05, 0) is 49.9 Å². The van der Waals surface area contributed by atoms with Crippen molar-refractivity contribution in [1.82, 2.24) is 5.32 Å². The Balaban J connectivity index is 2.09. The number of aryl methyl sites for hydroxylation is 2. The van der Waals surface area contributed by atoms with Gasteiger partial charge in [0, 0.05) is 28.0 Å². The molecule has 2 rings (SSSR count). The molecule has 0 aliphatic carbocycles. The molecule has 1 N–H and O–H groups in total. The Morgan fingerprint density at radius 1 is 1.19 bits per heavy atom. The van der Waals surface area contributed by atoms with E-state index in [9.17, 15) is 0 Å². The maximum absolute atomic E-state index is 3.82. The van der Waals surface area contributed by atoms with Crippen molar-refractivity contribution in [3.63, 3.8) is 0 Å². The summed E-state index contributed by atoms with van der Waals surface area (Å²) in [6.07, 6.45) is 2.37. The Labute approximate surface area is 139 Å². The summed E-state index contributed by atoms with van der Waals surface area (Å²) in [6.45, 7) is 10.2.